The van der Waals surface area contributed by atoms with Crippen LogP contribution in [0.3, 0.4) is 0 Å². The van der Waals surface area contributed by atoms with Crippen LogP contribution in [0.2, 0.25) is 0 Å². The van der Waals surface area contributed by atoms with Crippen molar-refractivity contribution in [1.29, 1.82) is 5.26 Å². The Morgan fingerprint density at radius 1 is 1.32 bits per heavy atom. The molecule has 0 spiro atoms. The topological polar surface area (TPSA) is 79.4 Å². The molecule has 2 aromatic rings. The van der Waals surface area contributed by atoms with E-state index in [9.17, 15) is 0 Å². The van der Waals surface area contributed by atoms with Gasteiger partial charge in [0.15, 0.2) is 5.82 Å². The van der Waals surface area contributed by atoms with Crippen LogP contribution in [0.5, 0.6) is 0 Å². The van der Waals surface area contributed by atoms with E-state index in [0.29, 0.717) is 5.82 Å². The van der Waals surface area contributed by atoms with E-state index in [4.69, 9.17) is 5.26 Å². The summed E-state index contributed by atoms with van der Waals surface area (Å²) in [6.07, 6.45) is 3.27. The van der Waals surface area contributed by atoms with E-state index in [-0.39, 0.29) is 11.4 Å². The number of nitrogens with zero attached hydrogens (tertiary/aromatic N) is 5. The Bertz CT molecular complexity index is 585. The molecular formula is C13H16N6. The average molecular weight is 256 g/mol. The Labute approximate surface area is 112 Å². The van der Waals surface area contributed by atoms with Crippen molar-refractivity contribution in [3.63, 3.8) is 0 Å². The molecule has 0 unspecified atom stereocenters. The van der Waals surface area contributed by atoms with Crippen LogP contribution >= 0.6 is 0 Å². The Kier molecular flexibility index (Phi) is 3.58. The van der Waals surface area contributed by atoms with Crippen LogP contribution in [0.15, 0.2) is 24.7 Å². The summed E-state index contributed by atoms with van der Waals surface area (Å²) in [5.74, 6) is 0.786. The van der Waals surface area contributed by atoms with Crippen molar-refractivity contribution in [3.05, 3.63) is 36.0 Å². The summed E-state index contributed by atoms with van der Waals surface area (Å²) < 4.78 is 1.49. The minimum Gasteiger partial charge on any atom is -0.308 e. The van der Waals surface area contributed by atoms with Crippen molar-refractivity contribution in [3.8, 4) is 11.9 Å². The van der Waals surface area contributed by atoms with Gasteiger partial charge in [-0.1, -0.05) is 6.07 Å². The van der Waals surface area contributed by atoms with Gasteiger partial charge in [-0.3, -0.25) is 0 Å². The molecule has 0 saturated carbocycles. The highest BCUT2D eigenvalue weighted by atomic mass is 15.4. The number of nitrogens with one attached hydrogen (secondary N) is 1. The van der Waals surface area contributed by atoms with Crippen LogP contribution < -0.4 is 5.32 Å². The molecule has 0 fully saturated rings. The van der Waals surface area contributed by atoms with Crippen LogP contribution in [-0.2, 0) is 6.54 Å². The molecule has 98 valence electrons. The largest absolute Gasteiger partial charge is 0.308 e. The van der Waals surface area contributed by atoms with Crippen molar-refractivity contribution < 1.29 is 0 Å². The highest BCUT2D eigenvalue weighted by molar-refractivity contribution is 5.24. The molecular weight excluding hydrogens is 240 g/mol. The van der Waals surface area contributed by atoms with Gasteiger partial charge in [0, 0.05) is 18.3 Å². The van der Waals surface area contributed by atoms with Crippen molar-refractivity contribution in [2.75, 3.05) is 0 Å². The van der Waals surface area contributed by atoms with Gasteiger partial charge in [-0.05, 0) is 32.4 Å². The van der Waals surface area contributed by atoms with Crippen molar-refractivity contribution >= 4 is 0 Å². The summed E-state index contributed by atoms with van der Waals surface area (Å²) >= 11 is 0. The first-order valence-electron chi connectivity index (χ1n) is 6.00. The summed E-state index contributed by atoms with van der Waals surface area (Å²) in [4.78, 5) is 8.15. The zero-order valence-corrected chi connectivity index (χ0v) is 11.3. The molecule has 2 rings (SSSR count). The molecule has 0 aliphatic heterocycles. The minimum absolute atomic E-state index is 0.0757. The van der Waals surface area contributed by atoms with E-state index >= 15 is 0 Å². The molecule has 1 N–H and O–H groups in total. The lowest BCUT2D eigenvalue weighted by Crippen LogP contribution is -2.35. The Hall–Kier alpha value is -2.26. The van der Waals surface area contributed by atoms with Gasteiger partial charge in [0.05, 0.1) is 0 Å². The first-order valence-corrected chi connectivity index (χ1v) is 6.00. The van der Waals surface area contributed by atoms with Crippen LogP contribution in [0.25, 0.3) is 5.82 Å². The molecule has 0 aromatic carbocycles. The van der Waals surface area contributed by atoms with Crippen LogP contribution in [0.1, 0.15) is 32.2 Å². The fraction of sp³-hybridized carbons (Fsp3) is 0.385. The lowest BCUT2D eigenvalue weighted by Gasteiger charge is -2.20. The van der Waals surface area contributed by atoms with E-state index in [2.05, 4.69) is 41.2 Å². The summed E-state index contributed by atoms with van der Waals surface area (Å²) in [5.41, 5.74) is 1.17. The lowest BCUT2D eigenvalue weighted by molar-refractivity contribution is 0.424. The van der Waals surface area contributed by atoms with Crippen molar-refractivity contribution in [2.24, 2.45) is 0 Å². The van der Waals surface area contributed by atoms with Gasteiger partial charge in [0.25, 0.3) is 5.82 Å². The Morgan fingerprint density at radius 2 is 2.11 bits per heavy atom. The van der Waals surface area contributed by atoms with Gasteiger partial charge in [0.2, 0.25) is 0 Å². The van der Waals surface area contributed by atoms with E-state index in [0.717, 1.165) is 12.1 Å². The number of pyridine rings is 1. The molecule has 6 nitrogen and oxygen atoms in total. The number of aromatic nitrogens is 4. The molecule has 2 aromatic heterocycles. The third-order valence-corrected chi connectivity index (χ3v) is 2.46. The van der Waals surface area contributed by atoms with E-state index in [1.807, 2.05) is 18.2 Å². The molecule has 0 saturated heterocycles. The molecule has 2 heterocycles. The molecule has 19 heavy (non-hydrogen) atoms. The summed E-state index contributed by atoms with van der Waals surface area (Å²) in [6.45, 7) is 7.12. The van der Waals surface area contributed by atoms with E-state index in [1.165, 1.54) is 11.0 Å². The fourth-order valence-corrected chi connectivity index (χ4v) is 1.45. The minimum atomic E-state index is 0.0757. The van der Waals surface area contributed by atoms with Gasteiger partial charge in [-0.15, -0.1) is 5.10 Å². The quantitative estimate of drug-likeness (QED) is 0.898. The van der Waals surface area contributed by atoms with Gasteiger partial charge < -0.3 is 5.32 Å². The third-order valence-electron chi connectivity index (χ3n) is 2.46. The average Bonchev–Trinajstić information content (AvgIpc) is 2.85. The maximum Gasteiger partial charge on any atom is 0.252 e. The van der Waals surface area contributed by atoms with E-state index in [1.54, 1.807) is 6.20 Å². The maximum atomic E-state index is 8.67. The molecule has 0 radical (unpaired) electrons. The monoisotopic (exact) mass is 256 g/mol. The first kappa shape index (κ1) is 13.2. The van der Waals surface area contributed by atoms with Gasteiger partial charge >= 0.3 is 0 Å². The third kappa shape index (κ3) is 3.60. The predicted molar refractivity (Wildman–Crippen MR) is 70.5 cm³/mol. The Morgan fingerprint density at radius 3 is 2.63 bits per heavy atom. The summed E-state index contributed by atoms with van der Waals surface area (Å²) in [6, 6.07) is 5.72. The summed E-state index contributed by atoms with van der Waals surface area (Å²) in [5, 5.41) is 16.0. The number of rotatable bonds is 3. The molecule has 0 aliphatic rings. The van der Waals surface area contributed by atoms with Crippen LogP contribution in [0.4, 0.5) is 0 Å². The predicted octanol–water partition coefficient (Wildman–Crippen LogP) is 1.42. The molecule has 6 heteroatoms. The fourth-order valence-electron chi connectivity index (χ4n) is 1.45. The standard InChI is InChI=1S/C13H16N6/c1-13(2,3)17-8-10-4-5-12(15-7-10)19-9-16-11(6-14)18-19/h4-5,7,9,17H,8H2,1-3H3. The highest BCUT2D eigenvalue weighted by Gasteiger charge is 2.08. The zero-order valence-electron chi connectivity index (χ0n) is 11.3. The molecule has 0 atom stereocenters. The molecule has 0 bridgehead atoms. The van der Waals surface area contributed by atoms with Crippen LogP contribution in [-0.4, -0.2) is 25.3 Å². The van der Waals surface area contributed by atoms with Crippen molar-refractivity contribution in [1.82, 2.24) is 25.1 Å². The van der Waals surface area contributed by atoms with E-state index < -0.39 is 0 Å². The second-order valence-electron chi connectivity index (χ2n) is 5.25. The number of hydrogen-bond donors (Lipinski definition) is 1. The maximum absolute atomic E-state index is 8.67. The smallest absolute Gasteiger partial charge is 0.252 e. The van der Waals surface area contributed by atoms with Crippen LogP contribution in [0, 0.1) is 11.3 Å². The number of nitriles is 1. The zero-order chi connectivity index (χ0) is 13.9. The first-order chi connectivity index (χ1) is 8.98. The number of hydrogen-bond acceptors (Lipinski definition) is 5. The SMILES string of the molecule is CC(C)(C)NCc1ccc(-n2cnc(C#N)n2)nc1. The van der Waals surface area contributed by atoms with Crippen molar-refractivity contribution in [2.45, 2.75) is 32.9 Å². The molecule has 0 amide bonds. The highest BCUT2D eigenvalue weighted by Crippen LogP contribution is 2.07. The van der Waals surface area contributed by atoms with Gasteiger partial charge in [0.1, 0.15) is 12.4 Å². The van der Waals surface area contributed by atoms with Gasteiger partial charge in [-0.25, -0.2) is 14.6 Å². The summed E-state index contributed by atoms with van der Waals surface area (Å²) in [7, 11) is 0. The van der Waals surface area contributed by atoms with Gasteiger partial charge in [-0.2, -0.15) is 5.26 Å². The second-order valence-corrected chi connectivity index (χ2v) is 5.25. The Balaban J connectivity index is 2.08. The lowest BCUT2D eigenvalue weighted by atomic mass is 10.1. The normalized spacial score (nSPS) is 11.3. The second kappa shape index (κ2) is 5.16. The molecule has 0 aliphatic carbocycles.